The first kappa shape index (κ1) is 10.3. The third kappa shape index (κ3) is 1.66. The summed E-state index contributed by atoms with van der Waals surface area (Å²) in [5.74, 6) is 0. The summed E-state index contributed by atoms with van der Waals surface area (Å²) in [6.07, 6.45) is 0.802. The van der Waals surface area contributed by atoms with Crippen LogP contribution in [0.5, 0.6) is 0 Å². The van der Waals surface area contributed by atoms with E-state index in [2.05, 4.69) is 15.9 Å². The summed E-state index contributed by atoms with van der Waals surface area (Å²) in [7, 11) is -0.890. The van der Waals surface area contributed by atoms with Crippen molar-refractivity contribution >= 4 is 26.7 Å². The van der Waals surface area contributed by atoms with Crippen LogP contribution in [-0.4, -0.2) is 9.46 Å². The van der Waals surface area contributed by atoms with Crippen LogP contribution >= 0.6 is 15.9 Å². The minimum atomic E-state index is -0.890. The van der Waals surface area contributed by atoms with Crippen LogP contribution < -0.4 is 5.73 Å². The molecule has 3 unspecified atom stereocenters. The predicted octanol–water partition coefficient (Wildman–Crippen LogP) is 2.35. The fraction of sp³-hybridized carbons (Fsp3) is 0.400. The molecule has 0 amide bonds. The average Bonchev–Trinajstić information content (AvgIpc) is 2.14. The smallest absolute Gasteiger partial charge is 0.0562 e. The Morgan fingerprint density at radius 2 is 2.29 bits per heavy atom. The first-order valence-electron chi connectivity index (χ1n) is 4.55. The van der Waals surface area contributed by atoms with Crippen LogP contribution in [0.25, 0.3) is 0 Å². The third-order valence-corrected chi connectivity index (χ3v) is 4.76. The van der Waals surface area contributed by atoms with Gasteiger partial charge < -0.3 is 5.73 Å². The zero-order valence-electron chi connectivity index (χ0n) is 7.87. The highest BCUT2D eigenvalue weighted by Crippen LogP contribution is 2.33. The highest BCUT2D eigenvalue weighted by Gasteiger charge is 2.27. The molecule has 76 valence electrons. The summed E-state index contributed by atoms with van der Waals surface area (Å²) < 4.78 is 12.9. The van der Waals surface area contributed by atoms with Gasteiger partial charge in [-0.3, -0.25) is 4.21 Å². The second-order valence-corrected chi connectivity index (χ2v) is 6.39. The van der Waals surface area contributed by atoms with Gasteiger partial charge in [-0.1, -0.05) is 22.9 Å². The van der Waals surface area contributed by atoms with E-state index in [0.29, 0.717) is 0 Å². The van der Waals surface area contributed by atoms with E-state index in [4.69, 9.17) is 5.73 Å². The second-order valence-electron chi connectivity index (χ2n) is 3.63. The van der Waals surface area contributed by atoms with E-state index >= 15 is 0 Å². The van der Waals surface area contributed by atoms with Crippen molar-refractivity contribution in [1.29, 1.82) is 0 Å². The summed E-state index contributed by atoms with van der Waals surface area (Å²) in [6, 6.07) is 5.83. The monoisotopic (exact) mass is 273 g/mol. The number of halogens is 1. The zero-order valence-corrected chi connectivity index (χ0v) is 10.3. The van der Waals surface area contributed by atoms with Gasteiger partial charge in [0, 0.05) is 20.7 Å². The lowest BCUT2D eigenvalue weighted by molar-refractivity contribution is 0.591. The Hall–Kier alpha value is -0.190. The first-order valence-corrected chi connectivity index (χ1v) is 6.56. The molecule has 2 rings (SSSR count). The van der Waals surface area contributed by atoms with Gasteiger partial charge in [0.15, 0.2) is 0 Å². The molecule has 0 spiro atoms. The van der Waals surface area contributed by atoms with Crippen LogP contribution in [-0.2, 0) is 10.8 Å². The molecule has 0 saturated carbocycles. The minimum absolute atomic E-state index is 0.0233. The summed E-state index contributed by atoms with van der Waals surface area (Å²) in [4.78, 5) is 0.902. The van der Waals surface area contributed by atoms with Crippen molar-refractivity contribution in [3.05, 3.63) is 28.2 Å². The number of benzene rings is 1. The van der Waals surface area contributed by atoms with Gasteiger partial charge in [-0.05, 0) is 30.2 Å². The van der Waals surface area contributed by atoms with Gasteiger partial charge in [0.25, 0.3) is 0 Å². The van der Waals surface area contributed by atoms with E-state index in [1.165, 1.54) is 0 Å². The van der Waals surface area contributed by atoms with E-state index < -0.39 is 10.8 Å². The molecule has 2 nitrogen and oxygen atoms in total. The van der Waals surface area contributed by atoms with Gasteiger partial charge >= 0.3 is 0 Å². The molecule has 3 atom stereocenters. The van der Waals surface area contributed by atoms with Crippen molar-refractivity contribution < 1.29 is 4.21 Å². The number of nitrogens with two attached hydrogens (primary N) is 1. The van der Waals surface area contributed by atoms with E-state index in [0.717, 1.165) is 21.4 Å². The van der Waals surface area contributed by atoms with Crippen molar-refractivity contribution in [2.24, 2.45) is 5.73 Å². The molecule has 14 heavy (non-hydrogen) atoms. The SMILES string of the molecule is CC1CC(N)c2cc(Br)ccc2S1=O. The highest BCUT2D eigenvalue weighted by molar-refractivity contribution is 9.10. The molecule has 2 N–H and O–H groups in total. The Labute approximate surface area is 94.5 Å². The highest BCUT2D eigenvalue weighted by atomic mass is 79.9. The molecule has 4 heteroatoms. The molecule has 1 aromatic rings. The molecule has 0 radical (unpaired) electrons. The Bertz CT molecular complexity index is 394. The van der Waals surface area contributed by atoms with E-state index in [1.807, 2.05) is 25.1 Å². The fourth-order valence-electron chi connectivity index (χ4n) is 1.78. The predicted molar refractivity (Wildman–Crippen MR) is 61.6 cm³/mol. The van der Waals surface area contributed by atoms with Crippen molar-refractivity contribution in [3.63, 3.8) is 0 Å². The maximum Gasteiger partial charge on any atom is 0.0562 e. The van der Waals surface area contributed by atoms with Gasteiger partial charge in [-0.2, -0.15) is 0 Å². The van der Waals surface area contributed by atoms with Gasteiger partial charge in [-0.25, -0.2) is 0 Å². The fourth-order valence-corrected chi connectivity index (χ4v) is 3.62. The van der Waals surface area contributed by atoms with Crippen molar-refractivity contribution in [1.82, 2.24) is 0 Å². The lowest BCUT2D eigenvalue weighted by Gasteiger charge is -2.26. The first-order chi connectivity index (χ1) is 6.59. The maximum absolute atomic E-state index is 11.9. The minimum Gasteiger partial charge on any atom is -0.324 e. The molecule has 1 heterocycles. The van der Waals surface area contributed by atoms with Gasteiger partial charge in [0.2, 0.25) is 0 Å². The summed E-state index contributed by atoms with van der Waals surface area (Å²) in [5.41, 5.74) is 7.04. The third-order valence-electron chi connectivity index (χ3n) is 2.54. The lowest BCUT2D eigenvalue weighted by atomic mass is 10.0. The molecular formula is C10H12BrNOS. The van der Waals surface area contributed by atoms with Crippen molar-refractivity contribution in [2.75, 3.05) is 0 Å². The normalized spacial score (nSPS) is 31.2. The topological polar surface area (TPSA) is 43.1 Å². The molecule has 1 aromatic carbocycles. The van der Waals surface area contributed by atoms with Crippen LogP contribution in [0, 0.1) is 0 Å². The van der Waals surface area contributed by atoms with Gasteiger partial charge in [0.1, 0.15) is 0 Å². The van der Waals surface area contributed by atoms with Crippen molar-refractivity contribution in [3.8, 4) is 0 Å². The number of hydrogen-bond donors (Lipinski definition) is 1. The molecule has 1 aliphatic heterocycles. The molecule has 0 fully saturated rings. The summed E-state index contributed by atoms with van der Waals surface area (Å²) in [6.45, 7) is 1.99. The quantitative estimate of drug-likeness (QED) is 0.789. The van der Waals surface area contributed by atoms with Crippen LogP contribution in [0.15, 0.2) is 27.6 Å². The molecule has 0 saturated heterocycles. The maximum atomic E-state index is 11.9. The Morgan fingerprint density at radius 1 is 1.57 bits per heavy atom. The Morgan fingerprint density at radius 3 is 3.00 bits per heavy atom. The summed E-state index contributed by atoms with van der Waals surface area (Å²) >= 11 is 3.40. The number of fused-ring (bicyclic) bond motifs is 1. The van der Waals surface area contributed by atoms with E-state index in [9.17, 15) is 4.21 Å². The molecule has 0 bridgehead atoms. The molecular weight excluding hydrogens is 262 g/mol. The lowest BCUT2D eigenvalue weighted by Crippen LogP contribution is -2.27. The summed E-state index contributed by atoms with van der Waals surface area (Å²) in [5, 5.41) is 0.165. The van der Waals surface area contributed by atoms with Crippen molar-refractivity contribution in [2.45, 2.75) is 29.5 Å². The zero-order chi connectivity index (χ0) is 10.3. The number of hydrogen-bond acceptors (Lipinski definition) is 2. The average molecular weight is 274 g/mol. The van der Waals surface area contributed by atoms with Crippen LogP contribution in [0.2, 0.25) is 0 Å². The second kappa shape index (κ2) is 3.76. The van der Waals surface area contributed by atoms with E-state index in [-0.39, 0.29) is 11.3 Å². The van der Waals surface area contributed by atoms with Gasteiger partial charge in [-0.15, -0.1) is 0 Å². The van der Waals surface area contributed by atoms with Crippen LogP contribution in [0.3, 0.4) is 0 Å². The standard InChI is InChI=1S/C10H12BrNOS/c1-6-4-9(12)8-5-7(11)2-3-10(8)14(6)13/h2-3,5-6,9H,4,12H2,1H3. The molecule has 1 aliphatic rings. The molecule has 0 aromatic heterocycles. The number of rotatable bonds is 0. The van der Waals surface area contributed by atoms with Crippen LogP contribution in [0.1, 0.15) is 24.9 Å². The largest absolute Gasteiger partial charge is 0.324 e. The molecule has 0 aliphatic carbocycles. The van der Waals surface area contributed by atoms with Gasteiger partial charge in [0.05, 0.1) is 10.8 Å². The van der Waals surface area contributed by atoms with Crippen LogP contribution in [0.4, 0.5) is 0 Å². The Kier molecular flexibility index (Phi) is 2.77. The van der Waals surface area contributed by atoms with E-state index in [1.54, 1.807) is 0 Å². The Balaban J connectivity index is 2.56.